The third kappa shape index (κ3) is 3.97. The lowest BCUT2D eigenvalue weighted by Gasteiger charge is -2.28. The summed E-state index contributed by atoms with van der Waals surface area (Å²) in [5, 5.41) is 8.95. The summed E-state index contributed by atoms with van der Waals surface area (Å²) >= 11 is 0. The second kappa shape index (κ2) is 8.19. The molecular formula is C22H28N4O2. The average Bonchev–Trinajstić information content (AvgIpc) is 3.23. The fraction of sp³-hybridized carbons (Fsp3) is 0.455. The van der Waals surface area contributed by atoms with Crippen LogP contribution >= 0.6 is 0 Å². The van der Waals surface area contributed by atoms with Crippen molar-refractivity contribution in [1.29, 1.82) is 0 Å². The first-order chi connectivity index (χ1) is 13.6. The Hall–Kier alpha value is -2.60. The molecule has 0 saturated carbocycles. The van der Waals surface area contributed by atoms with Gasteiger partial charge >= 0.3 is 0 Å². The highest BCUT2D eigenvalue weighted by Gasteiger charge is 2.26. The van der Waals surface area contributed by atoms with Crippen molar-refractivity contribution in [1.82, 2.24) is 19.8 Å². The number of aryl methyl sites for hydroxylation is 2. The number of likely N-dealkylation sites (tertiary alicyclic amines) is 1. The van der Waals surface area contributed by atoms with Crippen LogP contribution < -0.4 is 4.74 Å². The lowest BCUT2D eigenvalue weighted by atomic mass is 10.0. The van der Waals surface area contributed by atoms with Gasteiger partial charge in [-0.25, -0.2) is 0 Å². The van der Waals surface area contributed by atoms with Crippen LogP contribution in [0.1, 0.15) is 48.7 Å². The van der Waals surface area contributed by atoms with E-state index in [1.54, 1.807) is 7.11 Å². The molecule has 3 heterocycles. The van der Waals surface area contributed by atoms with E-state index in [1.807, 2.05) is 36.0 Å². The number of hydrogen-bond donors (Lipinski definition) is 0. The Balaban J connectivity index is 1.57. The van der Waals surface area contributed by atoms with Gasteiger partial charge in [0.25, 0.3) is 0 Å². The molecule has 0 aliphatic carbocycles. The summed E-state index contributed by atoms with van der Waals surface area (Å²) in [7, 11) is 3.65. The van der Waals surface area contributed by atoms with Crippen LogP contribution in [0.25, 0.3) is 11.3 Å². The summed E-state index contributed by atoms with van der Waals surface area (Å²) in [6.07, 6.45) is 6.94. The number of rotatable bonds is 5. The van der Waals surface area contributed by atoms with Crippen LogP contribution in [0.15, 0.2) is 41.1 Å². The SMILES string of the molecule is COc1ccc(-c2cc([C@@H]3CCCCCN3Cc3cn(C)nc3C)no2)cc1. The van der Waals surface area contributed by atoms with E-state index >= 15 is 0 Å². The van der Waals surface area contributed by atoms with Crippen LogP contribution in [0, 0.1) is 6.92 Å². The largest absolute Gasteiger partial charge is 0.497 e. The van der Waals surface area contributed by atoms with Crippen LogP contribution in [-0.2, 0) is 13.6 Å². The first-order valence-corrected chi connectivity index (χ1v) is 9.98. The number of methoxy groups -OCH3 is 1. The summed E-state index contributed by atoms with van der Waals surface area (Å²) in [5.74, 6) is 1.64. The van der Waals surface area contributed by atoms with Gasteiger partial charge in [-0.15, -0.1) is 0 Å². The molecule has 6 nitrogen and oxygen atoms in total. The zero-order valence-electron chi connectivity index (χ0n) is 16.9. The first kappa shape index (κ1) is 18.7. The normalized spacial score (nSPS) is 18.2. The lowest BCUT2D eigenvalue weighted by molar-refractivity contribution is 0.183. The summed E-state index contributed by atoms with van der Waals surface area (Å²) in [6, 6.07) is 10.3. The molecule has 0 unspecified atom stereocenters. The molecule has 1 aliphatic rings. The minimum absolute atomic E-state index is 0.276. The van der Waals surface area contributed by atoms with Crippen molar-refractivity contribution >= 4 is 0 Å². The van der Waals surface area contributed by atoms with E-state index in [2.05, 4.69) is 34.3 Å². The number of ether oxygens (including phenoxy) is 1. The molecule has 28 heavy (non-hydrogen) atoms. The van der Waals surface area contributed by atoms with E-state index in [1.165, 1.54) is 24.8 Å². The van der Waals surface area contributed by atoms with Gasteiger partial charge in [0.2, 0.25) is 0 Å². The molecule has 0 amide bonds. The van der Waals surface area contributed by atoms with Gasteiger partial charge in [0, 0.05) is 37.0 Å². The van der Waals surface area contributed by atoms with Gasteiger partial charge in [0.05, 0.1) is 18.8 Å². The second-order valence-electron chi connectivity index (χ2n) is 7.59. The zero-order valence-corrected chi connectivity index (χ0v) is 16.9. The predicted molar refractivity (Wildman–Crippen MR) is 108 cm³/mol. The molecule has 4 rings (SSSR count). The maximum atomic E-state index is 5.71. The summed E-state index contributed by atoms with van der Waals surface area (Å²) in [5.41, 5.74) is 4.43. The van der Waals surface area contributed by atoms with Crippen molar-refractivity contribution in [2.45, 2.75) is 45.2 Å². The topological polar surface area (TPSA) is 56.3 Å². The van der Waals surface area contributed by atoms with Gasteiger partial charge in [-0.05, 0) is 50.6 Å². The molecule has 3 aromatic rings. The summed E-state index contributed by atoms with van der Waals surface area (Å²) in [4.78, 5) is 2.53. The van der Waals surface area contributed by atoms with Gasteiger partial charge in [-0.3, -0.25) is 9.58 Å². The van der Waals surface area contributed by atoms with E-state index in [4.69, 9.17) is 9.26 Å². The van der Waals surface area contributed by atoms with E-state index < -0.39 is 0 Å². The highest BCUT2D eigenvalue weighted by atomic mass is 16.5. The quantitative estimate of drug-likeness (QED) is 0.652. The molecule has 6 heteroatoms. The number of aromatic nitrogens is 3. The van der Waals surface area contributed by atoms with E-state index in [-0.39, 0.29) is 6.04 Å². The Morgan fingerprint density at radius 3 is 2.71 bits per heavy atom. The van der Waals surface area contributed by atoms with Crippen LogP contribution in [0.5, 0.6) is 5.75 Å². The van der Waals surface area contributed by atoms with Crippen LogP contribution in [0.4, 0.5) is 0 Å². The van der Waals surface area contributed by atoms with Gasteiger partial charge < -0.3 is 9.26 Å². The number of hydrogen-bond acceptors (Lipinski definition) is 5. The van der Waals surface area contributed by atoms with Crippen molar-refractivity contribution in [3.05, 3.63) is 53.5 Å². The Bertz CT molecular complexity index is 913. The molecule has 0 radical (unpaired) electrons. The Kier molecular flexibility index (Phi) is 5.48. The van der Waals surface area contributed by atoms with Gasteiger partial charge in [0.15, 0.2) is 5.76 Å². The fourth-order valence-corrected chi connectivity index (χ4v) is 4.05. The molecule has 1 aromatic carbocycles. The molecule has 1 fully saturated rings. The van der Waals surface area contributed by atoms with Gasteiger partial charge in [0.1, 0.15) is 11.4 Å². The lowest BCUT2D eigenvalue weighted by Crippen LogP contribution is -2.28. The van der Waals surface area contributed by atoms with Gasteiger partial charge in [-0.2, -0.15) is 5.10 Å². The highest BCUT2D eigenvalue weighted by molar-refractivity contribution is 5.58. The minimum Gasteiger partial charge on any atom is -0.497 e. The van der Waals surface area contributed by atoms with Crippen molar-refractivity contribution in [3.8, 4) is 17.1 Å². The molecule has 0 bridgehead atoms. The van der Waals surface area contributed by atoms with Crippen LogP contribution in [0.3, 0.4) is 0 Å². The molecule has 1 saturated heterocycles. The second-order valence-corrected chi connectivity index (χ2v) is 7.59. The molecule has 1 aliphatic heterocycles. The van der Waals surface area contributed by atoms with Crippen molar-refractivity contribution in [3.63, 3.8) is 0 Å². The van der Waals surface area contributed by atoms with Crippen molar-refractivity contribution in [2.24, 2.45) is 7.05 Å². The van der Waals surface area contributed by atoms with Crippen molar-refractivity contribution in [2.75, 3.05) is 13.7 Å². The highest BCUT2D eigenvalue weighted by Crippen LogP contribution is 2.33. The minimum atomic E-state index is 0.276. The van der Waals surface area contributed by atoms with E-state index in [0.29, 0.717) is 0 Å². The smallest absolute Gasteiger partial charge is 0.167 e. The van der Waals surface area contributed by atoms with Gasteiger partial charge in [-0.1, -0.05) is 18.0 Å². The Morgan fingerprint density at radius 2 is 2.00 bits per heavy atom. The van der Waals surface area contributed by atoms with E-state index in [0.717, 1.165) is 48.0 Å². The average molecular weight is 380 g/mol. The third-order valence-corrected chi connectivity index (χ3v) is 5.60. The predicted octanol–water partition coefficient (Wildman–Crippen LogP) is 4.51. The molecule has 0 N–H and O–H groups in total. The fourth-order valence-electron chi connectivity index (χ4n) is 4.05. The monoisotopic (exact) mass is 380 g/mol. The maximum Gasteiger partial charge on any atom is 0.167 e. The molecule has 148 valence electrons. The zero-order chi connectivity index (χ0) is 19.5. The molecule has 1 atom stereocenters. The van der Waals surface area contributed by atoms with Crippen LogP contribution in [0.2, 0.25) is 0 Å². The van der Waals surface area contributed by atoms with Crippen molar-refractivity contribution < 1.29 is 9.26 Å². The Morgan fingerprint density at radius 1 is 1.18 bits per heavy atom. The summed E-state index contributed by atoms with van der Waals surface area (Å²) in [6.45, 7) is 4.05. The van der Waals surface area contributed by atoms with Crippen LogP contribution in [-0.4, -0.2) is 33.5 Å². The molecule has 2 aromatic heterocycles. The molecule has 0 spiro atoms. The first-order valence-electron chi connectivity index (χ1n) is 9.98. The third-order valence-electron chi connectivity index (χ3n) is 5.60. The Labute approximate surface area is 166 Å². The standard InChI is InChI=1S/C22H28N4O2/c1-16-18(14-25(2)23-16)15-26-12-6-4-5-7-21(26)20-13-22(28-24-20)17-8-10-19(27-3)11-9-17/h8-11,13-14,21H,4-7,12,15H2,1-3H3/t21-/m0/s1. The maximum absolute atomic E-state index is 5.71. The number of benzene rings is 1. The van der Waals surface area contributed by atoms with E-state index in [9.17, 15) is 0 Å². The summed E-state index contributed by atoms with van der Waals surface area (Å²) < 4.78 is 12.9. The number of nitrogens with zero attached hydrogens (tertiary/aromatic N) is 4. The molecular weight excluding hydrogens is 352 g/mol.